The van der Waals surface area contributed by atoms with Gasteiger partial charge in [0.2, 0.25) is 4.77 Å². The molecule has 2 heterocycles. The Morgan fingerprint density at radius 3 is 2.87 bits per heavy atom. The van der Waals surface area contributed by atoms with Crippen LogP contribution in [0.3, 0.4) is 0 Å². The molecule has 0 spiro atoms. The molecule has 0 aliphatic carbocycles. The van der Waals surface area contributed by atoms with Crippen molar-refractivity contribution in [3.63, 3.8) is 0 Å². The molecule has 3 aromatic rings. The van der Waals surface area contributed by atoms with Crippen molar-refractivity contribution in [2.24, 2.45) is 5.10 Å². The zero-order valence-electron chi connectivity index (χ0n) is 11.7. The molecule has 0 saturated carbocycles. The van der Waals surface area contributed by atoms with Gasteiger partial charge in [0.05, 0.1) is 12.2 Å². The highest BCUT2D eigenvalue weighted by molar-refractivity contribution is 7.71. The molecule has 0 fully saturated rings. The first-order chi connectivity index (χ1) is 11.2. The molecule has 0 unspecified atom stereocenters. The van der Waals surface area contributed by atoms with Crippen molar-refractivity contribution in [3.05, 3.63) is 64.7 Å². The van der Waals surface area contributed by atoms with Crippen molar-refractivity contribution in [1.82, 2.24) is 19.9 Å². The van der Waals surface area contributed by atoms with Crippen molar-refractivity contribution in [2.45, 2.75) is 0 Å². The predicted octanol–water partition coefficient (Wildman–Crippen LogP) is 1.25. The zero-order valence-corrected chi connectivity index (χ0v) is 12.5. The monoisotopic (exact) mass is 324 g/mol. The lowest BCUT2D eigenvalue weighted by molar-refractivity contribution is -0.255. The van der Waals surface area contributed by atoms with Crippen molar-refractivity contribution in [3.8, 4) is 11.4 Å². The van der Waals surface area contributed by atoms with E-state index in [0.29, 0.717) is 11.4 Å². The first-order valence-corrected chi connectivity index (χ1v) is 7.00. The Hall–Kier alpha value is -3.13. The normalized spacial score (nSPS) is 11.0. The van der Waals surface area contributed by atoms with E-state index >= 15 is 0 Å². The van der Waals surface area contributed by atoms with Crippen LogP contribution in [0.1, 0.15) is 15.9 Å². The Bertz CT molecular complexity index is 930. The third-order valence-corrected chi connectivity index (χ3v) is 3.33. The van der Waals surface area contributed by atoms with Gasteiger partial charge in [0.15, 0.2) is 5.82 Å². The lowest BCUT2D eigenvalue weighted by Gasteiger charge is -2.06. The smallest absolute Gasteiger partial charge is 0.216 e. The number of carboxylic acids is 1. The number of nitrogens with zero attached hydrogens (tertiary/aromatic N) is 4. The van der Waals surface area contributed by atoms with Crippen molar-refractivity contribution in [1.29, 1.82) is 0 Å². The molecule has 8 heteroatoms. The molecule has 7 nitrogen and oxygen atoms in total. The molecular weight excluding hydrogens is 314 g/mol. The Morgan fingerprint density at radius 1 is 1.30 bits per heavy atom. The summed E-state index contributed by atoms with van der Waals surface area (Å²) in [7, 11) is 0. The number of aromatic nitrogens is 4. The van der Waals surface area contributed by atoms with Gasteiger partial charge in [-0.2, -0.15) is 14.9 Å². The van der Waals surface area contributed by atoms with Crippen LogP contribution in [0.4, 0.5) is 0 Å². The van der Waals surface area contributed by atoms with E-state index < -0.39 is 5.97 Å². The molecular formula is C15H10N5O2S-. The van der Waals surface area contributed by atoms with Crippen LogP contribution in [0, 0.1) is 4.77 Å². The van der Waals surface area contributed by atoms with E-state index in [0.717, 1.165) is 5.56 Å². The van der Waals surface area contributed by atoms with E-state index in [9.17, 15) is 9.90 Å². The number of pyridine rings is 1. The Balaban J connectivity index is 2.04. The van der Waals surface area contributed by atoms with E-state index in [2.05, 4.69) is 20.3 Å². The Morgan fingerprint density at radius 2 is 2.13 bits per heavy atom. The van der Waals surface area contributed by atoms with Gasteiger partial charge in [-0.3, -0.25) is 4.98 Å². The number of aromatic carboxylic acids is 1. The van der Waals surface area contributed by atoms with Gasteiger partial charge in [-0.25, -0.2) is 5.10 Å². The second-order valence-electron chi connectivity index (χ2n) is 4.53. The van der Waals surface area contributed by atoms with Gasteiger partial charge in [-0.15, -0.1) is 0 Å². The Labute approximate surface area is 136 Å². The quantitative estimate of drug-likeness (QED) is 0.575. The number of hydrogen-bond acceptors (Lipinski definition) is 6. The highest BCUT2D eigenvalue weighted by Gasteiger charge is 2.08. The van der Waals surface area contributed by atoms with Crippen molar-refractivity contribution >= 4 is 24.4 Å². The molecule has 0 aliphatic heterocycles. The minimum atomic E-state index is -1.27. The maximum Gasteiger partial charge on any atom is 0.216 e. The summed E-state index contributed by atoms with van der Waals surface area (Å²) in [6, 6.07) is 10.00. The molecule has 0 radical (unpaired) electrons. The number of H-pyrrole nitrogens is 1. The van der Waals surface area contributed by atoms with Gasteiger partial charge in [0.25, 0.3) is 0 Å². The number of nitrogens with one attached hydrogen (secondary N) is 1. The lowest BCUT2D eigenvalue weighted by atomic mass is 10.1. The van der Waals surface area contributed by atoms with Gasteiger partial charge in [0.1, 0.15) is 0 Å². The summed E-state index contributed by atoms with van der Waals surface area (Å²) in [5.41, 5.74) is 1.19. The summed E-state index contributed by atoms with van der Waals surface area (Å²) in [4.78, 5) is 15.1. The molecule has 0 amide bonds. The highest BCUT2D eigenvalue weighted by Crippen LogP contribution is 2.15. The van der Waals surface area contributed by atoms with E-state index in [1.165, 1.54) is 17.0 Å². The van der Waals surface area contributed by atoms with Crippen LogP contribution in [-0.2, 0) is 0 Å². The number of carbonyl (C=O) groups excluding carboxylic acids is 1. The first kappa shape index (κ1) is 14.8. The zero-order chi connectivity index (χ0) is 16.2. The van der Waals surface area contributed by atoms with Gasteiger partial charge in [0, 0.05) is 29.1 Å². The fraction of sp³-hybridized carbons (Fsp3) is 0. The third-order valence-electron chi connectivity index (χ3n) is 3.06. The van der Waals surface area contributed by atoms with Crippen LogP contribution in [0.25, 0.3) is 11.4 Å². The topological polar surface area (TPSA) is 99.0 Å². The van der Waals surface area contributed by atoms with Crippen LogP contribution >= 0.6 is 12.2 Å². The number of carboxylic acid groups (broad SMARTS) is 1. The van der Waals surface area contributed by atoms with Gasteiger partial charge < -0.3 is 9.90 Å². The minimum Gasteiger partial charge on any atom is -0.545 e. The predicted molar refractivity (Wildman–Crippen MR) is 84.4 cm³/mol. The minimum absolute atomic E-state index is 0.0502. The largest absolute Gasteiger partial charge is 0.545 e. The highest BCUT2D eigenvalue weighted by atomic mass is 32.1. The maximum absolute atomic E-state index is 11.1. The fourth-order valence-corrected chi connectivity index (χ4v) is 2.18. The molecule has 2 aromatic heterocycles. The molecule has 0 aliphatic rings. The summed E-state index contributed by atoms with van der Waals surface area (Å²) in [5, 5.41) is 22.1. The van der Waals surface area contributed by atoms with Crippen LogP contribution in [0.15, 0.2) is 53.9 Å². The average Bonchev–Trinajstić information content (AvgIpc) is 2.94. The van der Waals surface area contributed by atoms with Crippen LogP contribution in [-0.4, -0.2) is 32.0 Å². The van der Waals surface area contributed by atoms with Crippen molar-refractivity contribution in [2.75, 3.05) is 0 Å². The van der Waals surface area contributed by atoms with Gasteiger partial charge in [-0.1, -0.05) is 24.3 Å². The van der Waals surface area contributed by atoms with E-state index in [1.54, 1.807) is 36.7 Å². The first-order valence-electron chi connectivity index (χ1n) is 6.59. The SMILES string of the molecule is O=C([O-])c1ccccc1/C=N\n1c(-c2cccnc2)n[nH]c1=S. The molecule has 0 bridgehead atoms. The summed E-state index contributed by atoms with van der Waals surface area (Å²) < 4.78 is 1.68. The number of hydrogen-bond donors (Lipinski definition) is 1. The molecule has 3 rings (SSSR count). The van der Waals surface area contributed by atoms with E-state index in [-0.39, 0.29) is 10.3 Å². The van der Waals surface area contributed by atoms with Crippen molar-refractivity contribution < 1.29 is 9.90 Å². The molecule has 1 aromatic carbocycles. The van der Waals surface area contributed by atoms with Crippen LogP contribution in [0.5, 0.6) is 0 Å². The second-order valence-corrected chi connectivity index (χ2v) is 4.91. The molecule has 23 heavy (non-hydrogen) atoms. The fourth-order valence-electron chi connectivity index (χ4n) is 2.00. The number of benzene rings is 1. The summed E-state index contributed by atoms with van der Waals surface area (Å²) in [6.45, 7) is 0. The summed E-state index contributed by atoms with van der Waals surface area (Å²) >= 11 is 5.15. The standard InChI is InChI=1S/C15H11N5O2S/c21-14(22)12-6-2-1-4-10(12)9-17-20-13(18-19-15(20)23)11-5-3-7-16-8-11/h1-9H,(H,19,23)(H,21,22)/p-1/b17-9-. The van der Waals surface area contributed by atoms with Gasteiger partial charge >= 0.3 is 0 Å². The van der Waals surface area contributed by atoms with E-state index in [4.69, 9.17) is 12.2 Å². The molecule has 0 atom stereocenters. The van der Waals surface area contributed by atoms with E-state index in [1.807, 2.05) is 6.07 Å². The maximum atomic E-state index is 11.1. The molecule has 1 N–H and O–H groups in total. The number of carbonyl (C=O) groups is 1. The van der Waals surface area contributed by atoms with Crippen LogP contribution in [0.2, 0.25) is 0 Å². The second kappa shape index (κ2) is 6.32. The van der Waals surface area contributed by atoms with Crippen LogP contribution < -0.4 is 5.11 Å². The summed E-state index contributed by atoms with van der Waals surface area (Å²) in [5.74, 6) is -0.791. The molecule has 114 valence electrons. The lowest BCUT2D eigenvalue weighted by Crippen LogP contribution is -2.23. The number of aromatic amines is 1. The number of rotatable bonds is 4. The Kier molecular flexibility index (Phi) is 4.07. The third kappa shape index (κ3) is 3.06. The average molecular weight is 324 g/mol. The molecule has 0 saturated heterocycles. The summed E-state index contributed by atoms with van der Waals surface area (Å²) in [6.07, 6.45) is 4.68. The van der Waals surface area contributed by atoms with Gasteiger partial charge in [-0.05, 0) is 24.4 Å².